The topological polar surface area (TPSA) is 76.9 Å². The fourth-order valence-electron chi connectivity index (χ4n) is 3.33. The van der Waals surface area contributed by atoms with Gasteiger partial charge in [-0.15, -0.1) is 11.3 Å². The summed E-state index contributed by atoms with van der Waals surface area (Å²) in [6.07, 6.45) is 0.210. The van der Waals surface area contributed by atoms with Crippen LogP contribution in [0, 0.1) is 26.6 Å². The average Bonchev–Trinajstić information content (AvgIpc) is 3.28. The van der Waals surface area contributed by atoms with Gasteiger partial charge in [0.05, 0.1) is 18.3 Å². The van der Waals surface area contributed by atoms with Gasteiger partial charge in [0.1, 0.15) is 10.8 Å². The molecule has 3 heterocycles. The third kappa shape index (κ3) is 3.91. The number of aryl methyl sites for hydroxylation is 2. The zero-order valence-electron chi connectivity index (χ0n) is 16.9. The number of thioether (sulfide) groups is 1. The number of nitrogens with zero attached hydrogens (tertiary/aromatic N) is 3. The van der Waals surface area contributed by atoms with E-state index >= 15 is 0 Å². The minimum absolute atomic E-state index is 0.0758. The molecular formula is C21H21FN4O2S2. The summed E-state index contributed by atoms with van der Waals surface area (Å²) < 4.78 is 15.7. The third-order valence-corrected chi connectivity index (χ3v) is 7.47. The van der Waals surface area contributed by atoms with Crippen molar-refractivity contribution in [2.24, 2.45) is 0 Å². The quantitative estimate of drug-likeness (QED) is 0.606. The molecule has 0 spiro atoms. The van der Waals surface area contributed by atoms with E-state index in [9.17, 15) is 14.0 Å². The molecule has 0 aliphatic carbocycles. The summed E-state index contributed by atoms with van der Waals surface area (Å²) in [4.78, 5) is 35.0. The molecule has 1 amide bonds. The van der Waals surface area contributed by atoms with Crippen molar-refractivity contribution in [3.8, 4) is 10.6 Å². The number of fused-ring (bicyclic) bond motifs is 1. The Morgan fingerprint density at radius 2 is 2.00 bits per heavy atom. The number of thiazole rings is 1. The van der Waals surface area contributed by atoms with Gasteiger partial charge in [-0.3, -0.25) is 14.2 Å². The summed E-state index contributed by atoms with van der Waals surface area (Å²) in [6, 6.07) is 6.31. The van der Waals surface area contributed by atoms with Crippen LogP contribution in [0.2, 0.25) is 0 Å². The molecule has 0 fully saturated rings. The summed E-state index contributed by atoms with van der Waals surface area (Å²) >= 11 is 2.87. The Kier molecular flexibility index (Phi) is 5.75. The van der Waals surface area contributed by atoms with E-state index in [2.05, 4.69) is 15.3 Å². The van der Waals surface area contributed by atoms with E-state index in [0.29, 0.717) is 33.6 Å². The number of carbonyl (C=O) groups excluding carboxylic acids is 1. The SMILES string of the molecule is Cc1nc(-c2ccccc2F)sc1CNC(=O)CC1CSc2nc(C)c(C)c(=O)n21. The second kappa shape index (κ2) is 8.31. The van der Waals surface area contributed by atoms with Gasteiger partial charge in [0.15, 0.2) is 5.16 Å². The number of carbonyl (C=O) groups is 1. The van der Waals surface area contributed by atoms with Crippen LogP contribution in [-0.2, 0) is 11.3 Å². The van der Waals surface area contributed by atoms with Gasteiger partial charge in [-0.1, -0.05) is 23.9 Å². The molecule has 0 saturated carbocycles. The highest BCUT2D eigenvalue weighted by atomic mass is 32.2. The van der Waals surface area contributed by atoms with E-state index in [4.69, 9.17) is 0 Å². The number of amides is 1. The van der Waals surface area contributed by atoms with Crippen LogP contribution in [0.5, 0.6) is 0 Å². The van der Waals surface area contributed by atoms with Crippen LogP contribution in [0.3, 0.4) is 0 Å². The van der Waals surface area contributed by atoms with Crippen molar-refractivity contribution in [1.82, 2.24) is 19.9 Å². The first-order valence-corrected chi connectivity index (χ1v) is 11.4. The van der Waals surface area contributed by atoms with Gasteiger partial charge in [-0.05, 0) is 32.9 Å². The van der Waals surface area contributed by atoms with Crippen LogP contribution in [0.1, 0.15) is 34.3 Å². The molecule has 4 rings (SSSR count). The molecule has 1 unspecified atom stereocenters. The summed E-state index contributed by atoms with van der Waals surface area (Å²) in [5.74, 6) is 0.192. The Bertz CT molecular complexity index is 1190. The van der Waals surface area contributed by atoms with Gasteiger partial charge in [-0.25, -0.2) is 14.4 Å². The maximum atomic E-state index is 14.0. The first-order chi connectivity index (χ1) is 14.3. The molecule has 9 heteroatoms. The lowest BCUT2D eigenvalue weighted by Gasteiger charge is -2.14. The number of benzene rings is 1. The number of halogens is 1. The number of nitrogens with one attached hydrogen (secondary N) is 1. The largest absolute Gasteiger partial charge is 0.351 e. The Morgan fingerprint density at radius 3 is 2.77 bits per heavy atom. The van der Waals surface area contributed by atoms with Crippen LogP contribution >= 0.6 is 23.1 Å². The molecule has 2 aromatic heterocycles. The molecule has 0 radical (unpaired) electrons. The van der Waals surface area contributed by atoms with Crippen LogP contribution in [0.4, 0.5) is 4.39 Å². The van der Waals surface area contributed by atoms with Crippen molar-refractivity contribution in [2.75, 3.05) is 5.75 Å². The van der Waals surface area contributed by atoms with Gasteiger partial charge in [0, 0.05) is 33.9 Å². The highest BCUT2D eigenvalue weighted by Gasteiger charge is 2.28. The highest BCUT2D eigenvalue weighted by Crippen LogP contribution is 2.33. The van der Waals surface area contributed by atoms with Gasteiger partial charge in [0.2, 0.25) is 5.91 Å². The molecule has 3 aromatic rings. The van der Waals surface area contributed by atoms with Crippen LogP contribution in [-0.4, -0.2) is 26.2 Å². The first kappa shape index (κ1) is 20.7. The highest BCUT2D eigenvalue weighted by molar-refractivity contribution is 7.99. The van der Waals surface area contributed by atoms with E-state index in [1.54, 1.807) is 29.7 Å². The number of hydrogen-bond donors (Lipinski definition) is 1. The third-order valence-electron chi connectivity index (χ3n) is 5.19. The predicted octanol–water partition coefficient (Wildman–Crippen LogP) is 3.78. The Hall–Kier alpha value is -2.52. The standard InChI is InChI=1S/C21H21FN4O2S2/c1-11-12(2)25-21-26(20(11)28)14(10-29-21)8-18(27)23-9-17-13(3)24-19(30-17)15-6-4-5-7-16(15)22/h4-7,14H,8-10H2,1-3H3,(H,23,27). The van der Waals surface area contributed by atoms with Gasteiger partial charge < -0.3 is 5.32 Å². The minimum Gasteiger partial charge on any atom is -0.351 e. The Labute approximate surface area is 181 Å². The summed E-state index contributed by atoms with van der Waals surface area (Å²) in [7, 11) is 0. The second-order valence-corrected chi connectivity index (χ2v) is 9.30. The average molecular weight is 445 g/mol. The zero-order chi connectivity index (χ0) is 21.4. The van der Waals surface area contributed by atoms with E-state index in [-0.39, 0.29) is 29.7 Å². The van der Waals surface area contributed by atoms with Crippen LogP contribution in [0.25, 0.3) is 10.6 Å². The monoisotopic (exact) mass is 444 g/mol. The zero-order valence-corrected chi connectivity index (χ0v) is 18.5. The van der Waals surface area contributed by atoms with Gasteiger partial charge in [-0.2, -0.15) is 0 Å². The van der Waals surface area contributed by atoms with Crippen molar-refractivity contribution < 1.29 is 9.18 Å². The molecule has 0 bridgehead atoms. The lowest BCUT2D eigenvalue weighted by atomic mass is 10.2. The van der Waals surface area contributed by atoms with Crippen LogP contribution < -0.4 is 10.9 Å². The summed E-state index contributed by atoms with van der Waals surface area (Å²) in [5.41, 5.74) is 2.50. The minimum atomic E-state index is -0.316. The molecule has 6 nitrogen and oxygen atoms in total. The fourth-order valence-corrected chi connectivity index (χ4v) is 5.54. The molecule has 1 atom stereocenters. The summed E-state index contributed by atoms with van der Waals surface area (Å²) in [5, 5.41) is 4.19. The van der Waals surface area contributed by atoms with Crippen LogP contribution in [0.15, 0.2) is 34.2 Å². The maximum absolute atomic E-state index is 14.0. The fraction of sp³-hybridized carbons (Fsp3) is 0.333. The summed E-state index contributed by atoms with van der Waals surface area (Å²) in [6.45, 7) is 5.76. The van der Waals surface area contributed by atoms with E-state index in [1.807, 2.05) is 13.8 Å². The van der Waals surface area contributed by atoms with Crippen molar-refractivity contribution in [2.45, 2.75) is 44.9 Å². The lowest BCUT2D eigenvalue weighted by Crippen LogP contribution is -2.31. The second-order valence-electron chi connectivity index (χ2n) is 7.23. The molecule has 1 aliphatic rings. The van der Waals surface area contributed by atoms with Crippen molar-refractivity contribution in [3.05, 3.63) is 62.3 Å². The first-order valence-electron chi connectivity index (χ1n) is 9.55. The number of aromatic nitrogens is 3. The smallest absolute Gasteiger partial charge is 0.257 e. The molecule has 30 heavy (non-hydrogen) atoms. The normalized spacial score (nSPS) is 15.3. The maximum Gasteiger partial charge on any atom is 0.257 e. The molecule has 156 valence electrons. The lowest BCUT2D eigenvalue weighted by molar-refractivity contribution is -0.121. The number of rotatable bonds is 5. The molecule has 1 aromatic carbocycles. The number of hydrogen-bond acceptors (Lipinski definition) is 6. The van der Waals surface area contributed by atoms with Crippen molar-refractivity contribution in [3.63, 3.8) is 0 Å². The van der Waals surface area contributed by atoms with Gasteiger partial charge >= 0.3 is 0 Å². The Balaban J connectivity index is 1.43. The molecular weight excluding hydrogens is 423 g/mol. The van der Waals surface area contributed by atoms with Gasteiger partial charge in [0.25, 0.3) is 5.56 Å². The molecule has 1 aliphatic heterocycles. The van der Waals surface area contributed by atoms with E-state index in [0.717, 1.165) is 16.3 Å². The van der Waals surface area contributed by atoms with Crippen molar-refractivity contribution >= 4 is 29.0 Å². The van der Waals surface area contributed by atoms with E-state index in [1.165, 1.54) is 29.2 Å². The molecule has 0 saturated heterocycles. The predicted molar refractivity (Wildman–Crippen MR) is 116 cm³/mol. The van der Waals surface area contributed by atoms with E-state index < -0.39 is 0 Å². The Morgan fingerprint density at radius 1 is 1.23 bits per heavy atom. The van der Waals surface area contributed by atoms with Crippen molar-refractivity contribution in [1.29, 1.82) is 0 Å². The molecule has 1 N–H and O–H groups in total.